The van der Waals surface area contributed by atoms with Gasteiger partial charge in [0.15, 0.2) is 5.75 Å². The second kappa shape index (κ2) is 14.0. The van der Waals surface area contributed by atoms with Crippen molar-refractivity contribution in [1.29, 1.82) is 0 Å². The van der Waals surface area contributed by atoms with Gasteiger partial charge >= 0.3 is 0 Å². The summed E-state index contributed by atoms with van der Waals surface area (Å²) in [6.45, 7) is 36.8. The summed E-state index contributed by atoms with van der Waals surface area (Å²) < 4.78 is 13.1. The molecule has 1 heterocycles. The third kappa shape index (κ3) is 9.57. The minimum absolute atomic E-state index is 0.158. The number of hydrazone groups is 1. The quantitative estimate of drug-likeness (QED) is 0.204. The molecule has 0 saturated heterocycles. The SMILES string of the molecule is CC(C)(C)c1cc(OC2=CC(Oc3cc(C(C)(C)C)c(O)c(C(C)(C)C)c3)=NN(Oc3cc(C(C)(C)C)c(O)c(C(C)(C)C)c3)N2)cc(C(C)(C)C)c1O. The van der Waals surface area contributed by atoms with Crippen molar-refractivity contribution in [2.24, 2.45) is 5.10 Å². The Labute approximate surface area is 324 Å². The van der Waals surface area contributed by atoms with Crippen LogP contribution in [0.2, 0.25) is 0 Å². The molecule has 1 aliphatic heterocycles. The van der Waals surface area contributed by atoms with Crippen LogP contribution in [0.15, 0.2) is 53.5 Å². The van der Waals surface area contributed by atoms with Crippen molar-refractivity contribution in [3.8, 4) is 34.5 Å². The number of phenols is 3. The molecule has 4 N–H and O–H groups in total. The van der Waals surface area contributed by atoms with E-state index in [1.54, 1.807) is 6.08 Å². The normalized spacial score (nSPS) is 14.7. The topological polar surface area (TPSA) is 116 Å². The van der Waals surface area contributed by atoms with E-state index in [1.165, 1.54) is 5.28 Å². The molecule has 0 saturated carbocycles. The largest absolute Gasteiger partial charge is 0.507 e. The van der Waals surface area contributed by atoms with Gasteiger partial charge in [0, 0.05) is 33.4 Å². The number of ether oxygens (including phenoxy) is 2. The molecule has 3 aromatic rings. The average Bonchev–Trinajstić information content (AvgIpc) is 2.96. The van der Waals surface area contributed by atoms with Crippen molar-refractivity contribution in [1.82, 2.24) is 10.7 Å². The maximum Gasteiger partial charge on any atom is 0.247 e. The summed E-state index contributed by atoms with van der Waals surface area (Å²) in [5, 5.41) is 40.0. The van der Waals surface area contributed by atoms with E-state index in [0.29, 0.717) is 17.2 Å². The Hall–Kier alpha value is -4.53. The summed E-state index contributed by atoms with van der Waals surface area (Å²) in [6.07, 6.45) is 1.64. The number of rotatable bonds is 5. The Morgan fingerprint density at radius 3 is 1.02 bits per heavy atom. The van der Waals surface area contributed by atoms with E-state index in [-0.39, 0.29) is 61.5 Å². The maximum atomic E-state index is 11.4. The fourth-order valence-corrected chi connectivity index (χ4v) is 6.30. The molecule has 0 bridgehead atoms. The number of hydrogen-bond acceptors (Lipinski definition) is 9. The smallest absolute Gasteiger partial charge is 0.247 e. The summed E-state index contributed by atoms with van der Waals surface area (Å²) in [4.78, 5) is 6.41. The molecule has 4 rings (SSSR count). The Morgan fingerprint density at radius 1 is 0.444 bits per heavy atom. The molecule has 0 aromatic heterocycles. The zero-order chi connectivity index (χ0) is 41.1. The highest BCUT2D eigenvalue weighted by Crippen LogP contribution is 2.45. The predicted octanol–water partition coefficient (Wildman–Crippen LogP) is 11.0. The molecule has 0 spiro atoms. The first-order chi connectivity index (χ1) is 24.3. The molecular weight excluding hydrogens is 679 g/mol. The first kappa shape index (κ1) is 42.2. The molecule has 0 fully saturated rings. The monoisotopic (exact) mass is 743 g/mol. The number of hydrogen-bond donors (Lipinski definition) is 4. The lowest BCUT2D eigenvalue weighted by atomic mass is 9.79. The number of aromatic hydroxyl groups is 3. The number of phenolic OH excluding ortho intramolecular Hbond substituents is 3. The zero-order valence-corrected chi connectivity index (χ0v) is 36.0. The molecule has 0 unspecified atom stereocenters. The van der Waals surface area contributed by atoms with Gasteiger partial charge in [0.25, 0.3) is 0 Å². The van der Waals surface area contributed by atoms with Crippen LogP contribution in [-0.4, -0.2) is 26.5 Å². The number of nitrogens with zero attached hydrogens (tertiary/aromatic N) is 2. The van der Waals surface area contributed by atoms with Gasteiger partial charge in [0.1, 0.15) is 28.7 Å². The minimum Gasteiger partial charge on any atom is -0.507 e. The number of nitrogens with one attached hydrogen (secondary N) is 1. The van der Waals surface area contributed by atoms with Crippen LogP contribution in [-0.2, 0) is 32.5 Å². The standard InChI is InChI=1S/C45H65N3O6/c1-40(2,3)29-19-26(20-30(37(29)49)41(4,5)6)52-35-25-36(53-27-21-31(42(7,8)9)38(50)32(22-27)43(10,11)12)47-48(46-35)54-28-23-33(44(13,14)15)39(51)34(24-28)45(16,17)18/h19-25,46,49-51H,1-18H3. The van der Waals surface area contributed by atoms with Crippen molar-refractivity contribution in [2.45, 2.75) is 157 Å². The van der Waals surface area contributed by atoms with E-state index in [2.05, 4.69) is 52.1 Å². The summed E-state index contributed by atoms with van der Waals surface area (Å²) >= 11 is 0. The van der Waals surface area contributed by atoms with Crippen LogP contribution in [0, 0.1) is 0 Å². The lowest BCUT2D eigenvalue weighted by molar-refractivity contribution is -0.107. The second-order valence-corrected chi connectivity index (χ2v) is 20.7. The lowest BCUT2D eigenvalue weighted by Crippen LogP contribution is -2.42. The first-order valence-electron chi connectivity index (χ1n) is 18.8. The average molecular weight is 744 g/mol. The zero-order valence-electron chi connectivity index (χ0n) is 36.0. The second-order valence-electron chi connectivity index (χ2n) is 20.7. The Balaban J connectivity index is 1.89. The van der Waals surface area contributed by atoms with Gasteiger partial charge in [0.05, 0.1) is 6.08 Å². The summed E-state index contributed by atoms with van der Waals surface area (Å²) in [7, 11) is 0. The van der Waals surface area contributed by atoms with Gasteiger partial charge in [-0.05, 0) is 74.2 Å². The van der Waals surface area contributed by atoms with Gasteiger partial charge in [-0.1, -0.05) is 130 Å². The molecule has 54 heavy (non-hydrogen) atoms. The molecular formula is C45H65N3O6. The molecule has 0 radical (unpaired) electrons. The van der Waals surface area contributed by atoms with Gasteiger partial charge < -0.3 is 29.6 Å². The summed E-state index contributed by atoms with van der Waals surface area (Å²) in [6, 6.07) is 11.0. The summed E-state index contributed by atoms with van der Waals surface area (Å²) in [5.41, 5.74) is 5.34. The lowest BCUT2D eigenvalue weighted by Gasteiger charge is -2.31. The molecule has 9 heteroatoms. The molecule has 3 aromatic carbocycles. The highest BCUT2D eigenvalue weighted by Gasteiger charge is 2.31. The molecule has 0 atom stereocenters. The van der Waals surface area contributed by atoms with Crippen LogP contribution in [0.1, 0.15) is 158 Å². The third-order valence-electron chi connectivity index (χ3n) is 9.39. The van der Waals surface area contributed by atoms with Crippen molar-refractivity contribution in [3.63, 3.8) is 0 Å². The van der Waals surface area contributed by atoms with Crippen molar-refractivity contribution in [2.75, 3.05) is 0 Å². The van der Waals surface area contributed by atoms with E-state index >= 15 is 0 Å². The number of hydrazine groups is 1. The van der Waals surface area contributed by atoms with Crippen LogP contribution in [0.25, 0.3) is 0 Å². The maximum absolute atomic E-state index is 11.4. The molecule has 0 aliphatic carbocycles. The van der Waals surface area contributed by atoms with E-state index in [4.69, 9.17) is 14.3 Å². The van der Waals surface area contributed by atoms with Gasteiger partial charge in [0.2, 0.25) is 11.8 Å². The van der Waals surface area contributed by atoms with Gasteiger partial charge in [-0.2, -0.15) is 0 Å². The highest BCUT2D eigenvalue weighted by molar-refractivity contribution is 5.90. The van der Waals surface area contributed by atoms with Gasteiger partial charge in [-0.25, -0.2) is 5.43 Å². The fourth-order valence-electron chi connectivity index (χ4n) is 6.30. The van der Waals surface area contributed by atoms with Crippen LogP contribution < -0.4 is 19.7 Å². The minimum atomic E-state index is -0.382. The van der Waals surface area contributed by atoms with Crippen LogP contribution in [0.4, 0.5) is 0 Å². The van der Waals surface area contributed by atoms with E-state index in [0.717, 1.165) is 33.4 Å². The van der Waals surface area contributed by atoms with Crippen molar-refractivity contribution in [3.05, 3.63) is 81.7 Å². The van der Waals surface area contributed by atoms with E-state index < -0.39 is 0 Å². The van der Waals surface area contributed by atoms with Crippen LogP contribution in [0.3, 0.4) is 0 Å². The molecule has 1 aliphatic rings. The molecule has 0 amide bonds. The third-order valence-corrected chi connectivity index (χ3v) is 9.39. The molecule has 296 valence electrons. The first-order valence-corrected chi connectivity index (χ1v) is 18.8. The van der Waals surface area contributed by atoms with Crippen molar-refractivity contribution < 1.29 is 29.6 Å². The highest BCUT2D eigenvalue weighted by atomic mass is 16.7. The van der Waals surface area contributed by atoms with Crippen LogP contribution in [0.5, 0.6) is 34.5 Å². The van der Waals surface area contributed by atoms with E-state index in [9.17, 15) is 15.3 Å². The van der Waals surface area contributed by atoms with E-state index in [1.807, 2.05) is 119 Å². The van der Waals surface area contributed by atoms with Crippen molar-refractivity contribution >= 4 is 5.90 Å². The van der Waals surface area contributed by atoms with Crippen LogP contribution >= 0.6 is 0 Å². The Morgan fingerprint density at radius 2 is 0.722 bits per heavy atom. The predicted molar refractivity (Wildman–Crippen MR) is 219 cm³/mol. The number of benzene rings is 3. The Kier molecular flexibility index (Phi) is 10.9. The fraction of sp³-hybridized carbons (Fsp3) is 0.533. The Bertz CT molecular complexity index is 1840. The summed E-state index contributed by atoms with van der Waals surface area (Å²) in [5.74, 6) is 2.58. The molecule has 9 nitrogen and oxygen atoms in total. The van der Waals surface area contributed by atoms with Gasteiger partial charge in [-0.3, -0.25) is 0 Å². The van der Waals surface area contributed by atoms with Gasteiger partial charge in [-0.15, -0.1) is 0 Å².